The zero-order valence-corrected chi connectivity index (χ0v) is 23.0. The number of rotatable bonds is 6. The van der Waals surface area contributed by atoms with Crippen molar-refractivity contribution in [2.24, 2.45) is 17.8 Å². The molecule has 3 rings (SSSR count). The average Bonchev–Trinajstić information content (AvgIpc) is 2.75. The van der Waals surface area contributed by atoms with E-state index < -0.39 is 11.6 Å². The quantitative estimate of drug-likeness (QED) is 0.291. The summed E-state index contributed by atoms with van der Waals surface area (Å²) in [6, 6.07) is 16.9. The minimum absolute atomic E-state index is 0. The van der Waals surface area contributed by atoms with Crippen LogP contribution in [0.15, 0.2) is 60.7 Å². The third-order valence-corrected chi connectivity index (χ3v) is 5.32. The highest BCUT2D eigenvalue weighted by molar-refractivity contribution is 6.30. The molecule has 0 heterocycles. The molecule has 0 spiro atoms. The predicted molar refractivity (Wildman–Crippen MR) is 152 cm³/mol. The van der Waals surface area contributed by atoms with Gasteiger partial charge in [0, 0.05) is 10.0 Å². The molecule has 0 fully saturated rings. The first-order valence-corrected chi connectivity index (χ1v) is 12.7. The fourth-order valence-corrected chi connectivity index (χ4v) is 3.64. The van der Waals surface area contributed by atoms with E-state index in [2.05, 4.69) is 39.8 Å². The molecule has 0 amide bonds. The van der Waals surface area contributed by atoms with Gasteiger partial charge in [0.15, 0.2) is 11.6 Å². The smallest absolute Gasteiger partial charge is 0.159 e. The highest BCUT2D eigenvalue weighted by Gasteiger charge is 2.05. The van der Waals surface area contributed by atoms with E-state index in [1.807, 2.05) is 26.0 Å². The van der Waals surface area contributed by atoms with Crippen LogP contribution in [0.5, 0.6) is 0 Å². The molecular weight excluding hydrogens is 500 g/mol. The second kappa shape index (κ2) is 17.5. The van der Waals surface area contributed by atoms with Crippen LogP contribution in [0.4, 0.5) is 13.2 Å². The lowest BCUT2D eigenvalue weighted by molar-refractivity contribution is 0.505. The summed E-state index contributed by atoms with van der Waals surface area (Å²) in [6.45, 7) is 12.6. The van der Waals surface area contributed by atoms with Crippen molar-refractivity contribution in [2.45, 2.75) is 68.2 Å². The molecule has 200 valence electrons. The first-order valence-electron chi connectivity index (χ1n) is 12.0. The van der Waals surface area contributed by atoms with Gasteiger partial charge in [-0.1, -0.05) is 96.4 Å². The lowest BCUT2D eigenvalue weighted by atomic mass is 10.0. The first kappa shape index (κ1) is 34.0. The molecule has 0 unspecified atom stereocenters. The molecule has 0 saturated carbocycles. The predicted octanol–water partition coefficient (Wildman–Crippen LogP) is 11.0. The van der Waals surface area contributed by atoms with Crippen LogP contribution in [0.2, 0.25) is 10.0 Å². The molecule has 0 aliphatic heterocycles. The molecule has 0 aliphatic carbocycles. The third kappa shape index (κ3) is 14.6. The fraction of sp³-hybridized carbons (Fsp3) is 0.419. The minimum atomic E-state index is -0.775. The molecule has 0 atom stereocenters. The molecule has 0 aliphatic rings. The second-order valence-electron chi connectivity index (χ2n) is 9.90. The third-order valence-electron chi connectivity index (χ3n) is 4.83. The monoisotopic (exact) mass is 540 g/mol. The highest BCUT2D eigenvalue weighted by atomic mass is 35.5. The fourth-order valence-electron chi connectivity index (χ4n) is 3.36. The van der Waals surface area contributed by atoms with Crippen molar-refractivity contribution in [1.82, 2.24) is 0 Å². The number of halogens is 5. The minimum Gasteiger partial charge on any atom is -0.207 e. The molecule has 3 aromatic rings. The van der Waals surface area contributed by atoms with Crippen molar-refractivity contribution in [3.63, 3.8) is 0 Å². The van der Waals surface area contributed by atoms with Crippen molar-refractivity contribution in [3.8, 4) is 0 Å². The van der Waals surface area contributed by atoms with Crippen LogP contribution in [0, 0.1) is 35.2 Å². The van der Waals surface area contributed by atoms with Crippen molar-refractivity contribution >= 4 is 23.2 Å². The standard InChI is InChI=1S/C10H12ClF.C10H13Cl.C10H12F2.CH4/c1-7(2)5-8-3-4-9(11)6-10(8)12;1-8(2)7-9-3-5-10(11)6-4-9;1-7(2)5-8-3-4-9(11)10(12)6-8;/h3-4,6-7H,5H2,1-2H3;3-6,8H,7H2,1-2H3;3-4,6-7H,5H2,1-2H3;1H4. The molecule has 0 aromatic heterocycles. The van der Waals surface area contributed by atoms with E-state index in [9.17, 15) is 13.2 Å². The lowest BCUT2D eigenvalue weighted by Crippen LogP contribution is -1.96. The number of hydrogen-bond donors (Lipinski definition) is 0. The summed E-state index contributed by atoms with van der Waals surface area (Å²) >= 11 is 11.4. The van der Waals surface area contributed by atoms with Crippen LogP contribution >= 0.6 is 23.2 Å². The number of benzene rings is 3. The Balaban J connectivity index is 0.000000504. The van der Waals surface area contributed by atoms with Gasteiger partial charge in [0.2, 0.25) is 0 Å². The first-order chi connectivity index (χ1) is 16.4. The van der Waals surface area contributed by atoms with E-state index in [1.165, 1.54) is 23.8 Å². The van der Waals surface area contributed by atoms with Crippen LogP contribution in [0.25, 0.3) is 0 Å². The van der Waals surface area contributed by atoms with E-state index in [0.717, 1.165) is 41.3 Å². The molecular formula is C31H41Cl2F3. The summed E-state index contributed by atoms with van der Waals surface area (Å²) in [5.74, 6) is -0.0708. The van der Waals surface area contributed by atoms with Crippen LogP contribution in [0.3, 0.4) is 0 Å². The van der Waals surface area contributed by atoms with Crippen molar-refractivity contribution in [2.75, 3.05) is 0 Å². The topological polar surface area (TPSA) is 0 Å². The zero-order chi connectivity index (χ0) is 26.5. The Labute approximate surface area is 226 Å². The summed E-state index contributed by atoms with van der Waals surface area (Å²) in [7, 11) is 0. The number of hydrogen-bond acceptors (Lipinski definition) is 0. The Kier molecular flexibility index (Phi) is 16.5. The molecule has 0 nitrogen and oxygen atoms in total. The maximum absolute atomic E-state index is 13.1. The van der Waals surface area contributed by atoms with Crippen LogP contribution in [0.1, 0.15) is 65.7 Å². The summed E-state index contributed by atoms with van der Waals surface area (Å²) in [5.41, 5.74) is 2.96. The van der Waals surface area contributed by atoms with Gasteiger partial charge in [0.05, 0.1) is 0 Å². The van der Waals surface area contributed by atoms with Crippen LogP contribution in [-0.2, 0) is 19.3 Å². The Morgan fingerprint density at radius 2 is 1.00 bits per heavy atom. The van der Waals surface area contributed by atoms with Gasteiger partial charge in [0.25, 0.3) is 0 Å². The molecule has 0 saturated heterocycles. The molecule has 0 radical (unpaired) electrons. The Morgan fingerprint density at radius 3 is 1.47 bits per heavy atom. The Bertz CT molecular complexity index is 1010. The van der Waals surface area contributed by atoms with Crippen molar-refractivity contribution < 1.29 is 13.2 Å². The molecule has 0 N–H and O–H groups in total. The van der Waals surface area contributed by atoms with Gasteiger partial charge in [-0.3, -0.25) is 0 Å². The molecule has 36 heavy (non-hydrogen) atoms. The lowest BCUT2D eigenvalue weighted by Gasteiger charge is -2.05. The van der Waals surface area contributed by atoms with Crippen molar-refractivity contribution in [3.05, 3.63) is 105 Å². The van der Waals surface area contributed by atoms with Gasteiger partial charge in [-0.15, -0.1) is 0 Å². The van der Waals surface area contributed by atoms with Crippen molar-refractivity contribution in [1.29, 1.82) is 0 Å². The Hall–Kier alpha value is -1.97. The summed E-state index contributed by atoms with van der Waals surface area (Å²) in [4.78, 5) is 0. The summed E-state index contributed by atoms with van der Waals surface area (Å²) in [5, 5.41) is 1.28. The normalized spacial score (nSPS) is 10.4. The average molecular weight is 542 g/mol. The van der Waals surface area contributed by atoms with E-state index in [4.69, 9.17) is 23.2 Å². The van der Waals surface area contributed by atoms with Gasteiger partial charge in [-0.25, -0.2) is 13.2 Å². The summed E-state index contributed by atoms with van der Waals surface area (Å²) < 4.78 is 38.2. The van der Waals surface area contributed by atoms with E-state index in [1.54, 1.807) is 18.2 Å². The summed E-state index contributed by atoms with van der Waals surface area (Å²) in [6.07, 6.45) is 2.69. The SMILES string of the molecule is C.CC(C)Cc1ccc(Cl)cc1.CC(C)Cc1ccc(Cl)cc1F.CC(C)Cc1ccc(F)c(F)c1. The van der Waals surface area contributed by atoms with E-state index in [0.29, 0.717) is 16.9 Å². The van der Waals surface area contributed by atoms with E-state index in [-0.39, 0.29) is 13.2 Å². The molecule has 3 aromatic carbocycles. The van der Waals surface area contributed by atoms with Crippen LogP contribution in [-0.4, -0.2) is 0 Å². The maximum atomic E-state index is 13.1. The highest BCUT2D eigenvalue weighted by Crippen LogP contribution is 2.17. The molecule has 0 bridgehead atoms. The van der Waals surface area contributed by atoms with Crippen LogP contribution < -0.4 is 0 Å². The van der Waals surface area contributed by atoms with E-state index >= 15 is 0 Å². The van der Waals surface area contributed by atoms with Gasteiger partial charge < -0.3 is 0 Å². The largest absolute Gasteiger partial charge is 0.207 e. The van der Waals surface area contributed by atoms with Gasteiger partial charge in [-0.05, 0) is 90.1 Å². The maximum Gasteiger partial charge on any atom is 0.159 e. The van der Waals surface area contributed by atoms with Gasteiger partial charge >= 0.3 is 0 Å². The molecule has 5 heteroatoms. The van der Waals surface area contributed by atoms with Gasteiger partial charge in [0.1, 0.15) is 5.82 Å². The zero-order valence-electron chi connectivity index (χ0n) is 21.5. The second-order valence-corrected chi connectivity index (χ2v) is 10.8. The Morgan fingerprint density at radius 1 is 0.528 bits per heavy atom. The van der Waals surface area contributed by atoms with Gasteiger partial charge in [-0.2, -0.15) is 0 Å².